The zero-order valence-corrected chi connectivity index (χ0v) is 33.7. The Balaban J connectivity index is 1.48. The van der Waals surface area contributed by atoms with Gasteiger partial charge in [-0.25, -0.2) is 4.98 Å². The normalized spacial score (nSPS) is 15.2. The number of hydrogen-bond acceptors (Lipinski definition) is 3. The van der Waals surface area contributed by atoms with Gasteiger partial charge in [-0.15, -0.1) is 0 Å². The highest BCUT2D eigenvalue weighted by atomic mass is 16.3. The Labute approximate surface area is 356 Å². The monoisotopic (exact) mass is 768 g/mol. The minimum absolute atomic E-state index is 0.0750. The summed E-state index contributed by atoms with van der Waals surface area (Å²) in [5.41, 5.74) is 4.75. The number of aromatic nitrogens is 3. The Morgan fingerprint density at radius 3 is 1.78 bits per heavy atom. The van der Waals surface area contributed by atoms with Gasteiger partial charge in [0.05, 0.1) is 22.3 Å². The van der Waals surface area contributed by atoms with E-state index in [1.165, 1.54) is 12.1 Å². The van der Waals surface area contributed by atoms with Crippen molar-refractivity contribution >= 4 is 11.0 Å². The Morgan fingerprint density at radius 1 is 0.517 bits per heavy atom. The lowest BCUT2D eigenvalue weighted by Gasteiger charge is -2.27. The number of nitrogens with zero attached hydrogens (tertiary/aromatic N) is 3. The maximum absolute atomic E-state index is 12.3. The highest BCUT2D eigenvalue weighted by Crippen LogP contribution is 2.45. The van der Waals surface area contributed by atoms with Gasteiger partial charge in [-0.2, -0.15) is 0 Å². The maximum Gasteiger partial charge on any atom is 0.149 e. The zero-order valence-electron chi connectivity index (χ0n) is 42.7. The molecule has 58 heavy (non-hydrogen) atoms. The Kier molecular flexibility index (Phi) is 7.31. The SMILES string of the molecule is [2H]C([2H])([2H])C(c1cc(-c2cc(-c3ccccc3)ccn2)cc(-c2cccc3c2nc(-c2cc(C(C)(C)C)cc(C(C)(C)C)c2O)n3-c2ccc(-c3ccccc3)cc2)c1)(C([2H])([2H])[2H])C([2H])([2H])[2H]. The number of fused-ring (bicyclic) bond motifs is 1. The molecule has 0 unspecified atom stereocenters. The van der Waals surface area contributed by atoms with E-state index in [2.05, 4.69) is 46.5 Å². The van der Waals surface area contributed by atoms with Crippen LogP contribution in [-0.4, -0.2) is 19.6 Å². The topological polar surface area (TPSA) is 50.9 Å². The van der Waals surface area contributed by atoms with Crippen molar-refractivity contribution in [2.45, 2.75) is 78.3 Å². The Morgan fingerprint density at radius 2 is 1.14 bits per heavy atom. The van der Waals surface area contributed by atoms with Crippen LogP contribution in [0, 0.1) is 0 Å². The molecular formula is C54H53N3O. The predicted octanol–water partition coefficient (Wildman–Crippen LogP) is 14.4. The van der Waals surface area contributed by atoms with Crippen LogP contribution in [0.1, 0.15) is 91.1 Å². The molecule has 0 bridgehead atoms. The number of pyridine rings is 1. The van der Waals surface area contributed by atoms with Gasteiger partial charge in [-0.05, 0) is 104 Å². The molecule has 0 spiro atoms. The van der Waals surface area contributed by atoms with Gasteiger partial charge in [-0.1, -0.05) is 159 Å². The molecule has 4 nitrogen and oxygen atoms in total. The lowest BCUT2D eigenvalue weighted by atomic mass is 9.79. The Hall–Kier alpha value is -6.26. The van der Waals surface area contributed by atoms with Gasteiger partial charge in [-0.3, -0.25) is 9.55 Å². The van der Waals surface area contributed by atoms with E-state index in [9.17, 15) is 5.11 Å². The van der Waals surface area contributed by atoms with Crippen LogP contribution in [0.2, 0.25) is 0 Å². The summed E-state index contributed by atoms with van der Waals surface area (Å²) >= 11 is 0. The van der Waals surface area contributed by atoms with Crippen molar-refractivity contribution in [1.82, 2.24) is 14.5 Å². The smallest absolute Gasteiger partial charge is 0.149 e. The van der Waals surface area contributed by atoms with Crippen molar-refractivity contribution in [3.63, 3.8) is 0 Å². The van der Waals surface area contributed by atoms with Gasteiger partial charge in [0.1, 0.15) is 11.6 Å². The second-order valence-corrected chi connectivity index (χ2v) is 17.1. The first-order chi connectivity index (χ1) is 31.3. The summed E-state index contributed by atoms with van der Waals surface area (Å²) in [5.74, 6) is 0.505. The fraction of sp³-hybridized carbons (Fsp3) is 0.222. The summed E-state index contributed by atoms with van der Waals surface area (Å²) in [5, 5.41) is 12.3. The lowest BCUT2D eigenvalue weighted by Crippen LogP contribution is -2.17. The first kappa shape index (κ1) is 29.0. The summed E-state index contributed by atoms with van der Waals surface area (Å²) in [6, 6.07) is 45.3. The van der Waals surface area contributed by atoms with E-state index in [0.29, 0.717) is 44.8 Å². The number of hydrogen-bond donors (Lipinski definition) is 1. The molecule has 2 aromatic heterocycles. The fourth-order valence-electron chi connectivity index (χ4n) is 7.56. The zero-order chi connectivity index (χ0) is 48.5. The van der Waals surface area contributed by atoms with Crippen LogP contribution in [-0.2, 0) is 16.2 Å². The molecule has 6 aromatic carbocycles. The molecule has 0 atom stereocenters. The lowest BCUT2D eigenvalue weighted by molar-refractivity contribution is 0.446. The van der Waals surface area contributed by atoms with Crippen LogP contribution in [0.4, 0.5) is 0 Å². The molecule has 1 N–H and O–H groups in total. The molecule has 0 aliphatic rings. The number of rotatable bonds is 6. The summed E-state index contributed by atoms with van der Waals surface area (Å²) in [4.78, 5) is 10.0. The van der Waals surface area contributed by atoms with Crippen LogP contribution >= 0.6 is 0 Å². The largest absolute Gasteiger partial charge is 0.507 e. The number of benzene rings is 6. The third-order valence-corrected chi connectivity index (χ3v) is 10.8. The van der Waals surface area contributed by atoms with Crippen LogP contribution < -0.4 is 0 Å². The third-order valence-electron chi connectivity index (χ3n) is 10.8. The standard InChI is InChI=1S/C54H53N3O/c1-52(2,3)41-30-39(29-40(31-41)47-32-38(27-28-55-47)36-19-14-11-15-20-36)44-21-16-22-48-49(44)56-51(45-33-42(53(4,5)6)34-46(50(45)58)54(7,8)9)57(48)43-25-23-37(24-26-43)35-17-12-10-13-18-35/h10-34,58H,1-9H3/i1D3,2D3,3D3. The van der Waals surface area contributed by atoms with E-state index in [1.807, 2.05) is 126 Å². The van der Waals surface area contributed by atoms with Crippen molar-refractivity contribution in [3.8, 4) is 67.5 Å². The van der Waals surface area contributed by atoms with E-state index < -0.39 is 36.9 Å². The Bertz CT molecular complexity index is 3070. The molecular weight excluding hydrogens is 707 g/mol. The molecule has 290 valence electrons. The summed E-state index contributed by atoms with van der Waals surface area (Å²) in [6.07, 6.45) is 1.61. The number of para-hydroxylation sites is 1. The van der Waals surface area contributed by atoms with E-state index in [0.717, 1.165) is 39.1 Å². The van der Waals surface area contributed by atoms with E-state index in [1.54, 1.807) is 18.3 Å². The predicted molar refractivity (Wildman–Crippen MR) is 244 cm³/mol. The van der Waals surface area contributed by atoms with Crippen LogP contribution in [0.5, 0.6) is 5.75 Å². The molecule has 0 fully saturated rings. The van der Waals surface area contributed by atoms with Crippen LogP contribution in [0.15, 0.2) is 152 Å². The highest BCUT2D eigenvalue weighted by molar-refractivity contribution is 5.97. The summed E-state index contributed by atoms with van der Waals surface area (Å²) in [6.45, 7) is 1.93. The molecule has 0 aliphatic heterocycles. The van der Waals surface area contributed by atoms with Gasteiger partial charge >= 0.3 is 0 Å². The van der Waals surface area contributed by atoms with Gasteiger partial charge in [0.2, 0.25) is 0 Å². The minimum Gasteiger partial charge on any atom is -0.507 e. The maximum atomic E-state index is 12.3. The molecule has 8 rings (SSSR count). The van der Waals surface area contributed by atoms with E-state index in [4.69, 9.17) is 17.3 Å². The number of aromatic hydroxyl groups is 1. The second kappa shape index (κ2) is 14.6. The first-order valence-electron chi connectivity index (χ1n) is 24.0. The van der Waals surface area contributed by atoms with Crippen LogP contribution in [0.3, 0.4) is 0 Å². The molecule has 4 heteroatoms. The molecule has 0 saturated heterocycles. The summed E-state index contributed by atoms with van der Waals surface area (Å²) in [7, 11) is 0. The first-order valence-corrected chi connectivity index (χ1v) is 19.5. The molecule has 0 amide bonds. The van der Waals surface area contributed by atoms with Gasteiger partial charge in [0.25, 0.3) is 0 Å². The van der Waals surface area contributed by atoms with Gasteiger partial charge in [0, 0.05) is 40.9 Å². The average Bonchev–Trinajstić information content (AvgIpc) is 3.64. The van der Waals surface area contributed by atoms with E-state index >= 15 is 0 Å². The quantitative estimate of drug-likeness (QED) is 0.183. The van der Waals surface area contributed by atoms with Gasteiger partial charge < -0.3 is 5.11 Å². The number of phenolic OH excluding ortho intramolecular Hbond substituents is 1. The molecule has 0 saturated carbocycles. The van der Waals surface area contributed by atoms with E-state index in [-0.39, 0.29) is 11.2 Å². The van der Waals surface area contributed by atoms with Crippen molar-refractivity contribution in [3.05, 3.63) is 168 Å². The van der Waals surface area contributed by atoms with Crippen molar-refractivity contribution in [2.75, 3.05) is 0 Å². The number of phenols is 1. The van der Waals surface area contributed by atoms with Gasteiger partial charge in [0.15, 0.2) is 0 Å². The average molecular weight is 769 g/mol. The summed E-state index contributed by atoms with van der Waals surface area (Å²) < 4.78 is 80.3. The fourth-order valence-corrected chi connectivity index (χ4v) is 7.56. The van der Waals surface area contributed by atoms with Crippen molar-refractivity contribution in [1.29, 1.82) is 0 Å². The van der Waals surface area contributed by atoms with Crippen LogP contribution in [0.25, 0.3) is 72.7 Å². The van der Waals surface area contributed by atoms with Crippen molar-refractivity contribution < 1.29 is 17.4 Å². The van der Waals surface area contributed by atoms with Crippen molar-refractivity contribution in [2.24, 2.45) is 0 Å². The second-order valence-electron chi connectivity index (χ2n) is 17.1. The highest BCUT2D eigenvalue weighted by Gasteiger charge is 2.29. The molecule has 0 aliphatic carbocycles. The molecule has 0 radical (unpaired) electrons. The number of imidazole rings is 1. The third kappa shape index (κ3) is 7.47. The molecule has 2 heterocycles. The minimum atomic E-state index is -3.52. The molecule has 8 aromatic rings.